The number of nitrogens with zero attached hydrogens (tertiary/aromatic N) is 1. The lowest BCUT2D eigenvalue weighted by atomic mass is 9.55. The van der Waals surface area contributed by atoms with Gasteiger partial charge in [0.05, 0.1) is 11.8 Å². The molecule has 5 heteroatoms. The Bertz CT molecular complexity index is 1150. The molecule has 1 N–H and O–H groups in total. The molecule has 0 spiro atoms. The molecule has 0 aromatic heterocycles. The molecule has 5 nitrogen and oxygen atoms in total. The predicted molar refractivity (Wildman–Crippen MR) is 117 cm³/mol. The second-order valence-corrected chi connectivity index (χ2v) is 8.85. The summed E-state index contributed by atoms with van der Waals surface area (Å²) in [4.78, 5) is 40.8. The lowest BCUT2D eigenvalue weighted by Crippen LogP contribution is -2.47. The summed E-state index contributed by atoms with van der Waals surface area (Å²) in [5.41, 5.74) is 5.10. The maximum Gasteiger partial charge on any atom is 0.327 e. The molecule has 2 amide bonds. The molecule has 1 saturated heterocycles. The second-order valence-electron chi connectivity index (χ2n) is 8.85. The first-order valence-electron chi connectivity index (χ1n) is 10.9. The molecule has 4 aliphatic rings. The van der Waals surface area contributed by atoms with Crippen molar-refractivity contribution >= 4 is 17.8 Å². The topological polar surface area (TPSA) is 74.7 Å². The molecular weight excluding hydrogens is 402 g/mol. The van der Waals surface area contributed by atoms with Crippen molar-refractivity contribution in [3.63, 3.8) is 0 Å². The molecule has 3 aliphatic carbocycles. The number of hydrogen-bond donors (Lipinski definition) is 1. The van der Waals surface area contributed by atoms with E-state index >= 15 is 0 Å². The number of carbonyl (C=O) groups is 3. The second kappa shape index (κ2) is 6.89. The Kier molecular flexibility index (Phi) is 4.09. The summed E-state index contributed by atoms with van der Waals surface area (Å²) in [5, 5.41) is 10.0. The zero-order valence-electron chi connectivity index (χ0n) is 17.2. The number of amides is 2. The number of likely N-dealkylation sites (tertiary alicyclic amines) is 1. The highest BCUT2D eigenvalue weighted by atomic mass is 16.4. The normalized spacial score (nSPS) is 25.8. The van der Waals surface area contributed by atoms with Crippen LogP contribution in [0.4, 0.5) is 0 Å². The molecule has 1 fully saturated rings. The van der Waals surface area contributed by atoms with E-state index in [2.05, 4.69) is 0 Å². The van der Waals surface area contributed by atoms with Gasteiger partial charge in [-0.1, -0.05) is 78.9 Å². The summed E-state index contributed by atoms with van der Waals surface area (Å²) < 4.78 is 0. The standard InChI is InChI=1S/C27H21NO4/c29-25-23-21-16-10-4-5-11-17(16)22(19-13-7-6-12-18(19)21)24(23)26(30)28(25)20(27(31)32)14-15-8-2-1-3-9-15/h1-13,20-24H,14H2,(H,31,32)/t20-,21?,22?,23-,24+/m0/s1. The van der Waals surface area contributed by atoms with Crippen molar-refractivity contribution in [1.82, 2.24) is 4.90 Å². The molecule has 3 aromatic rings. The molecule has 3 atom stereocenters. The molecule has 0 saturated carbocycles. The van der Waals surface area contributed by atoms with E-state index in [9.17, 15) is 19.5 Å². The van der Waals surface area contributed by atoms with Crippen LogP contribution in [0.3, 0.4) is 0 Å². The van der Waals surface area contributed by atoms with Gasteiger partial charge >= 0.3 is 5.97 Å². The van der Waals surface area contributed by atoms with Gasteiger partial charge in [-0.25, -0.2) is 4.79 Å². The summed E-state index contributed by atoms with van der Waals surface area (Å²) in [6, 6.07) is 24.0. The fourth-order valence-electron chi connectivity index (χ4n) is 6.13. The van der Waals surface area contributed by atoms with Crippen molar-refractivity contribution in [2.75, 3.05) is 0 Å². The minimum Gasteiger partial charge on any atom is -0.480 e. The van der Waals surface area contributed by atoms with Crippen LogP contribution >= 0.6 is 0 Å². The largest absolute Gasteiger partial charge is 0.480 e. The van der Waals surface area contributed by atoms with Gasteiger partial charge in [0.1, 0.15) is 6.04 Å². The molecule has 7 rings (SSSR count). The van der Waals surface area contributed by atoms with Crippen LogP contribution in [0.5, 0.6) is 0 Å². The van der Waals surface area contributed by atoms with E-state index < -0.39 is 23.8 Å². The first kappa shape index (κ1) is 19.0. The molecule has 32 heavy (non-hydrogen) atoms. The van der Waals surface area contributed by atoms with Crippen LogP contribution in [0.2, 0.25) is 0 Å². The van der Waals surface area contributed by atoms with E-state index in [1.807, 2.05) is 78.9 Å². The third-order valence-corrected chi connectivity index (χ3v) is 7.35. The van der Waals surface area contributed by atoms with Crippen LogP contribution in [-0.2, 0) is 20.8 Å². The van der Waals surface area contributed by atoms with Crippen molar-refractivity contribution in [2.45, 2.75) is 24.3 Å². The Balaban J connectivity index is 1.47. The van der Waals surface area contributed by atoms with Crippen molar-refractivity contribution in [3.8, 4) is 0 Å². The lowest BCUT2D eigenvalue weighted by Gasteiger charge is -2.45. The van der Waals surface area contributed by atoms with Crippen LogP contribution < -0.4 is 0 Å². The monoisotopic (exact) mass is 423 g/mol. The van der Waals surface area contributed by atoms with E-state index in [0.717, 1.165) is 32.7 Å². The van der Waals surface area contributed by atoms with Crippen LogP contribution in [0, 0.1) is 11.8 Å². The third-order valence-electron chi connectivity index (χ3n) is 7.35. The van der Waals surface area contributed by atoms with E-state index in [1.54, 1.807) is 0 Å². The first-order chi connectivity index (χ1) is 15.6. The summed E-state index contributed by atoms with van der Waals surface area (Å²) in [5.74, 6) is -3.46. The number of imide groups is 1. The summed E-state index contributed by atoms with van der Waals surface area (Å²) in [7, 11) is 0. The first-order valence-corrected chi connectivity index (χ1v) is 10.9. The van der Waals surface area contributed by atoms with Gasteiger partial charge in [0.25, 0.3) is 0 Å². The fourth-order valence-corrected chi connectivity index (χ4v) is 6.13. The van der Waals surface area contributed by atoms with Crippen molar-refractivity contribution in [2.24, 2.45) is 11.8 Å². The van der Waals surface area contributed by atoms with Gasteiger partial charge in [-0.3, -0.25) is 14.5 Å². The molecule has 2 bridgehead atoms. The molecular formula is C27H21NO4. The quantitative estimate of drug-likeness (QED) is 0.651. The van der Waals surface area contributed by atoms with E-state index in [1.165, 1.54) is 0 Å². The zero-order chi connectivity index (χ0) is 22.0. The Morgan fingerprint density at radius 1 is 0.719 bits per heavy atom. The zero-order valence-corrected chi connectivity index (χ0v) is 17.2. The van der Waals surface area contributed by atoms with E-state index in [0.29, 0.717) is 0 Å². The van der Waals surface area contributed by atoms with Crippen LogP contribution in [0.1, 0.15) is 39.7 Å². The van der Waals surface area contributed by atoms with Crippen LogP contribution in [-0.4, -0.2) is 33.8 Å². The number of hydrogen-bond acceptors (Lipinski definition) is 3. The van der Waals surface area contributed by atoms with Gasteiger partial charge in [0.15, 0.2) is 0 Å². The molecule has 158 valence electrons. The van der Waals surface area contributed by atoms with E-state index in [-0.39, 0.29) is 30.1 Å². The minimum atomic E-state index is -1.21. The van der Waals surface area contributed by atoms with Crippen LogP contribution in [0.15, 0.2) is 78.9 Å². The predicted octanol–water partition coefficient (Wildman–Crippen LogP) is 3.57. The van der Waals surface area contributed by atoms with Crippen molar-refractivity contribution in [1.29, 1.82) is 0 Å². The van der Waals surface area contributed by atoms with Gasteiger partial charge in [-0.05, 0) is 27.8 Å². The van der Waals surface area contributed by atoms with Crippen molar-refractivity contribution in [3.05, 3.63) is 107 Å². The van der Waals surface area contributed by atoms with Gasteiger partial charge in [-0.15, -0.1) is 0 Å². The molecule has 1 heterocycles. The number of carboxylic acids is 1. The summed E-state index contributed by atoms with van der Waals surface area (Å²) in [6.45, 7) is 0. The fraction of sp³-hybridized carbons (Fsp3) is 0.222. The van der Waals surface area contributed by atoms with Gasteiger partial charge < -0.3 is 5.11 Å². The lowest BCUT2D eigenvalue weighted by molar-refractivity contribution is -0.155. The SMILES string of the molecule is O=C(O)[C@H](Cc1ccccc1)N1C(=O)[C@@H]2C3c4ccccc4C(c4ccccc43)[C@@H]2C1=O. The average molecular weight is 423 g/mol. The molecule has 3 aromatic carbocycles. The summed E-state index contributed by atoms with van der Waals surface area (Å²) >= 11 is 0. The Morgan fingerprint density at radius 2 is 1.12 bits per heavy atom. The number of aliphatic carboxylic acids is 1. The maximum atomic E-state index is 13.7. The number of rotatable bonds is 4. The van der Waals surface area contributed by atoms with Gasteiger partial charge in [0, 0.05) is 18.3 Å². The number of benzene rings is 3. The minimum absolute atomic E-state index is 0.0995. The smallest absolute Gasteiger partial charge is 0.327 e. The number of carbonyl (C=O) groups excluding carboxylic acids is 2. The molecule has 1 aliphatic heterocycles. The van der Waals surface area contributed by atoms with Gasteiger partial charge in [-0.2, -0.15) is 0 Å². The molecule has 0 unspecified atom stereocenters. The Labute approximate surface area is 185 Å². The number of carboxylic acid groups (broad SMARTS) is 1. The van der Waals surface area contributed by atoms with Crippen molar-refractivity contribution < 1.29 is 19.5 Å². The van der Waals surface area contributed by atoms with Gasteiger partial charge in [0.2, 0.25) is 11.8 Å². The maximum absolute atomic E-state index is 13.7. The molecule has 0 radical (unpaired) electrons. The van der Waals surface area contributed by atoms with Crippen LogP contribution in [0.25, 0.3) is 0 Å². The van der Waals surface area contributed by atoms with E-state index in [4.69, 9.17) is 0 Å². The average Bonchev–Trinajstić information content (AvgIpc) is 3.08. The highest BCUT2D eigenvalue weighted by Gasteiger charge is 2.63. The Morgan fingerprint density at radius 3 is 1.53 bits per heavy atom. The Hall–Kier alpha value is -3.73. The highest BCUT2D eigenvalue weighted by molar-refractivity contribution is 6.10. The summed E-state index contributed by atoms with van der Waals surface area (Å²) in [6.07, 6.45) is 0.0995. The third kappa shape index (κ3) is 2.48. The highest BCUT2D eigenvalue weighted by Crippen LogP contribution is 2.61.